The zero-order chi connectivity index (χ0) is 13.1. The molecule has 0 saturated carbocycles. The van der Waals surface area contributed by atoms with E-state index in [9.17, 15) is 13.2 Å². The standard InChI is InChI=1S/C10H13F3N4/c1-17(6-4-8(14)15)9-7(10(11,12)13)3-2-5-16-9/h2-3,5H,4,6H2,1H3,(H3,14,15). The quantitative estimate of drug-likeness (QED) is 0.629. The lowest BCUT2D eigenvalue weighted by atomic mass is 10.2. The van der Waals surface area contributed by atoms with Crippen molar-refractivity contribution in [2.75, 3.05) is 18.5 Å². The number of aromatic nitrogens is 1. The molecule has 0 aliphatic heterocycles. The normalized spacial score (nSPS) is 11.3. The van der Waals surface area contributed by atoms with Crippen LogP contribution < -0.4 is 10.6 Å². The Morgan fingerprint density at radius 1 is 1.53 bits per heavy atom. The van der Waals surface area contributed by atoms with E-state index in [2.05, 4.69) is 4.98 Å². The van der Waals surface area contributed by atoms with Gasteiger partial charge in [0.1, 0.15) is 5.82 Å². The van der Waals surface area contributed by atoms with Crippen molar-refractivity contribution in [1.82, 2.24) is 4.98 Å². The number of pyridine rings is 1. The minimum Gasteiger partial charge on any atom is -0.388 e. The van der Waals surface area contributed by atoms with E-state index in [0.717, 1.165) is 6.07 Å². The summed E-state index contributed by atoms with van der Waals surface area (Å²) in [5, 5.41) is 7.04. The van der Waals surface area contributed by atoms with Gasteiger partial charge in [0.15, 0.2) is 0 Å². The van der Waals surface area contributed by atoms with Crippen LogP contribution in [0.15, 0.2) is 18.3 Å². The Morgan fingerprint density at radius 2 is 2.18 bits per heavy atom. The summed E-state index contributed by atoms with van der Waals surface area (Å²) in [4.78, 5) is 5.06. The van der Waals surface area contributed by atoms with Gasteiger partial charge >= 0.3 is 6.18 Å². The summed E-state index contributed by atoms with van der Waals surface area (Å²) < 4.78 is 38.0. The molecule has 0 spiro atoms. The maximum absolute atomic E-state index is 12.7. The Labute approximate surface area is 96.8 Å². The van der Waals surface area contributed by atoms with Crippen LogP contribution in [-0.2, 0) is 6.18 Å². The highest BCUT2D eigenvalue weighted by atomic mass is 19.4. The second kappa shape index (κ2) is 5.03. The van der Waals surface area contributed by atoms with Crippen LogP contribution in [0.5, 0.6) is 0 Å². The molecule has 0 bridgehead atoms. The Bertz CT molecular complexity index is 403. The first-order chi connectivity index (χ1) is 7.82. The van der Waals surface area contributed by atoms with Crippen molar-refractivity contribution in [2.24, 2.45) is 5.73 Å². The monoisotopic (exact) mass is 246 g/mol. The summed E-state index contributed by atoms with van der Waals surface area (Å²) in [7, 11) is 1.49. The summed E-state index contributed by atoms with van der Waals surface area (Å²) in [6, 6.07) is 2.22. The Morgan fingerprint density at radius 3 is 2.71 bits per heavy atom. The molecule has 1 heterocycles. The van der Waals surface area contributed by atoms with Gasteiger partial charge in [-0.2, -0.15) is 13.2 Å². The third kappa shape index (κ3) is 3.61. The number of hydrogen-bond donors (Lipinski definition) is 2. The topological polar surface area (TPSA) is 66.0 Å². The Hall–Kier alpha value is -1.79. The SMILES string of the molecule is CN(CCC(=N)N)c1ncccc1C(F)(F)F. The molecule has 4 nitrogen and oxygen atoms in total. The number of alkyl halides is 3. The number of nitrogens with one attached hydrogen (secondary N) is 1. The predicted molar refractivity (Wildman–Crippen MR) is 59.0 cm³/mol. The van der Waals surface area contributed by atoms with E-state index in [1.54, 1.807) is 0 Å². The third-order valence-electron chi connectivity index (χ3n) is 2.17. The fourth-order valence-electron chi connectivity index (χ4n) is 1.32. The van der Waals surface area contributed by atoms with E-state index < -0.39 is 11.7 Å². The van der Waals surface area contributed by atoms with Crippen molar-refractivity contribution in [3.05, 3.63) is 23.9 Å². The molecule has 0 aliphatic rings. The second-order valence-electron chi connectivity index (χ2n) is 3.57. The summed E-state index contributed by atoms with van der Waals surface area (Å²) in [6.45, 7) is 0.218. The van der Waals surface area contributed by atoms with E-state index >= 15 is 0 Å². The molecule has 0 fully saturated rings. The highest BCUT2D eigenvalue weighted by Gasteiger charge is 2.34. The van der Waals surface area contributed by atoms with E-state index in [1.807, 2.05) is 0 Å². The molecule has 7 heteroatoms. The number of amidine groups is 1. The van der Waals surface area contributed by atoms with Crippen molar-refractivity contribution in [1.29, 1.82) is 5.41 Å². The zero-order valence-electron chi connectivity index (χ0n) is 9.25. The van der Waals surface area contributed by atoms with Gasteiger partial charge in [-0.05, 0) is 12.1 Å². The maximum Gasteiger partial charge on any atom is 0.419 e. The Balaban J connectivity index is 2.93. The first-order valence-corrected chi connectivity index (χ1v) is 4.88. The molecule has 0 unspecified atom stereocenters. The summed E-state index contributed by atoms with van der Waals surface area (Å²) in [6.07, 6.45) is -2.94. The molecule has 17 heavy (non-hydrogen) atoms. The molecule has 94 valence electrons. The second-order valence-corrected chi connectivity index (χ2v) is 3.57. The minimum atomic E-state index is -4.44. The van der Waals surface area contributed by atoms with Crippen LogP contribution in [0.25, 0.3) is 0 Å². The molecule has 0 atom stereocenters. The van der Waals surface area contributed by atoms with Crippen LogP contribution in [0.1, 0.15) is 12.0 Å². The van der Waals surface area contributed by atoms with E-state index in [-0.39, 0.29) is 24.6 Å². The van der Waals surface area contributed by atoms with Gasteiger partial charge in [-0.1, -0.05) is 0 Å². The molecule has 3 N–H and O–H groups in total. The van der Waals surface area contributed by atoms with Gasteiger partial charge < -0.3 is 10.6 Å². The van der Waals surface area contributed by atoms with Crippen LogP contribution in [0.4, 0.5) is 19.0 Å². The van der Waals surface area contributed by atoms with Crippen molar-refractivity contribution in [3.63, 3.8) is 0 Å². The lowest BCUT2D eigenvalue weighted by Crippen LogP contribution is -2.26. The number of nitrogens with two attached hydrogens (primary N) is 1. The lowest BCUT2D eigenvalue weighted by Gasteiger charge is -2.21. The fourth-order valence-corrected chi connectivity index (χ4v) is 1.32. The van der Waals surface area contributed by atoms with Crippen molar-refractivity contribution in [2.45, 2.75) is 12.6 Å². The van der Waals surface area contributed by atoms with Crippen molar-refractivity contribution < 1.29 is 13.2 Å². The molecule has 0 saturated heterocycles. The summed E-state index contributed by atoms with van der Waals surface area (Å²) >= 11 is 0. The summed E-state index contributed by atoms with van der Waals surface area (Å²) in [5.41, 5.74) is 4.37. The average Bonchev–Trinajstić information content (AvgIpc) is 2.24. The molecule has 0 radical (unpaired) electrons. The molecular formula is C10H13F3N4. The molecule has 1 rings (SSSR count). The van der Waals surface area contributed by atoms with Gasteiger partial charge in [0.25, 0.3) is 0 Å². The average molecular weight is 246 g/mol. The zero-order valence-corrected chi connectivity index (χ0v) is 9.25. The molecule has 0 aromatic carbocycles. The first-order valence-electron chi connectivity index (χ1n) is 4.88. The molecule has 1 aromatic heterocycles. The first kappa shape index (κ1) is 13.3. The smallest absolute Gasteiger partial charge is 0.388 e. The van der Waals surface area contributed by atoms with Crippen LogP contribution >= 0.6 is 0 Å². The van der Waals surface area contributed by atoms with Gasteiger partial charge in [-0.3, -0.25) is 5.41 Å². The highest BCUT2D eigenvalue weighted by Crippen LogP contribution is 2.34. The van der Waals surface area contributed by atoms with E-state index in [0.29, 0.717) is 0 Å². The van der Waals surface area contributed by atoms with Gasteiger partial charge in [-0.25, -0.2) is 4.98 Å². The van der Waals surface area contributed by atoms with Gasteiger partial charge in [0.2, 0.25) is 0 Å². The van der Waals surface area contributed by atoms with Crippen LogP contribution in [0.2, 0.25) is 0 Å². The molecule has 0 aliphatic carbocycles. The van der Waals surface area contributed by atoms with E-state index in [4.69, 9.17) is 11.1 Å². The summed E-state index contributed by atoms with van der Waals surface area (Å²) in [5.74, 6) is -0.220. The van der Waals surface area contributed by atoms with Gasteiger partial charge in [0, 0.05) is 26.2 Å². The third-order valence-corrected chi connectivity index (χ3v) is 2.17. The fraction of sp³-hybridized carbons (Fsp3) is 0.400. The Kier molecular flexibility index (Phi) is 3.93. The van der Waals surface area contributed by atoms with E-state index in [1.165, 1.54) is 24.2 Å². The largest absolute Gasteiger partial charge is 0.419 e. The van der Waals surface area contributed by atoms with Crippen LogP contribution in [-0.4, -0.2) is 24.4 Å². The van der Waals surface area contributed by atoms with Crippen molar-refractivity contribution >= 4 is 11.7 Å². The number of hydrogen-bond acceptors (Lipinski definition) is 3. The van der Waals surface area contributed by atoms with Crippen molar-refractivity contribution in [3.8, 4) is 0 Å². The number of rotatable bonds is 4. The lowest BCUT2D eigenvalue weighted by molar-refractivity contribution is -0.137. The molecule has 0 amide bonds. The van der Waals surface area contributed by atoms with Gasteiger partial charge in [0.05, 0.1) is 11.4 Å². The minimum absolute atomic E-state index is 0.0682. The molecule has 1 aromatic rings. The molecular weight excluding hydrogens is 233 g/mol. The number of anilines is 1. The van der Waals surface area contributed by atoms with Crippen LogP contribution in [0, 0.1) is 5.41 Å². The maximum atomic E-state index is 12.7. The van der Waals surface area contributed by atoms with Crippen LogP contribution in [0.3, 0.4) is 0 Å². The number of halogens is 3. The predicted octanol–water partition coefficient (Wildman–Crippen LogP) is 1.86. The highest BCUT2D eigenvalue weighted by molar-refractivity contribution is 5.77. The van der Waals surface area contributed by atoms with Gasteiger partial charge in [-0.15, -0.1) is 0 Å². The number of nitrogens with zero attached hydrogens (tertiary/aromatic N) is 2.